The van der Waals surface area contributed by atoms with Crippen LogP contribution in [0.3, 0.4) is 0 Å². The first-order chi connectivity index (χ1) is 14.7. The molecule has 0 spiro atoms. The van der Waals surface area contributed by atoms with Gasteiger partial charge in [0.15, 0.2) is 5.76 Å². The number of nitrogens with zero attached hydrogens (tertiary/aromatic N) is 4. The molecule has 0 bridgehead atoms. The lowest BCUT2D eigenvalue weighted by Gasteiger charge is -2.15. The van der Waals surface area contributed by atoms with Crippen LogP contribution in [-0.2, 0) is 0 Å². The SMILES string of the molecule is CN(C(=O)c1cc(-c2ccccc2)nc2ccccc12)c1nnc(-c2ccco2)o1. The molecular formula is C23H16N4O3. The van der Waals surface area contributed by atoms with Gasteiger partial charge in [-0.15, -0.1) is 5.10 Å². The molecule has 0 aliphatic rings. The second kappa shape index (κ2) is 7.29. The number of amides is 1. The molecule has 0 fully saturated rings. The molecular weight excluding hydrogens is 380 g/mol. The van der Waals surface area contributed by atoms with Gasteiger partial charge in [-0.2, -0.15) is 0 Å². The summed E-state index contributed by atoms with van der Waals surface area (Å²) in [5.74, 6) is 0.370. The number of hydrogen-bond acceptors (Lipinski definition) is 6. The van der Waals surface area contributed by atoms with Crippen molar-refractivity contribution in [2.24, 2.45) is 0 Å². The molecule has 0 N–H and O–H groups in total. The van der Waals surface area contributed by atoms with E-state index >= 15 is 0 Å². The maximum Gasteiger partial charge on any atom is 0.325 e. The number of furan rings is 1. The topological polar surface area (TPSA) is 85.3 Å². The lowest BCUT2D eigenvalue weighted by Crippen LogP contribution is -2.27. The second-order valence-electron chi connectivity index (χ2n) is 6.67. The quantitative estimate of drug-likeness (QED) is 0.433. The molecule has 3 aromatic heterocycles. The predicted molar refractivity (Wildman–Crippen MR) is 112 cm³/mol. The van der Waals surface area contributed by atoms with E-state index in [1.54, 1.807) is 25.2 Å². The van der Waals surface area contributed by atoms with Gasteiger partial charge in [0.1, 0.15) is 0 Å². The van der Waals surface area contributed by atoms with E-state index in [1.807, 2.05) is 54.6 Å². The van der Waals surface area contributed by atoms with Crippen LogP contribution in [0.5, 0.6) is 0 Å². The van der Waals surface area contributed by atoms with Crippen molar-refractivity contribution in [3.8, 4) is 22.9 Å². The van der Waals surface area contributed by atoms with Crippen molar-refractivity contribution >= 4 is 22.8 Å². The van der Waals surface area contributed by atoms with E-state index in [0.29, 0.717) is 17.0 Å². The number of fused-ring (bicyclic) bond motifs is 1. The van der Waals surface area contributed by atoms with Crippen molar-refractivity contribution in [1.82, 2.24) is 15.2 Å². The third-order valence-corrected chi connectivity index (χ3v) is 4.75. The smallest absolute Gasteiger partial charge is 0.325 e. The average molecular weight is 396 g/mol. The van der Waals surface area contributed by atoms with Crippen molar-refractivity contribution in [2.75, 3.05) is 11.9 Å². The standard InChI is InChI=1S/C23H16N4O3/c1-27(23-26-25-21(30-23)20-12-7-13-29-20)22(28)17-14-19(15-8-3-2-4-9-15)24-18-11-6-5-10-16(17)18/h2-14H,1H3. The van der Waals surface area contributed by atoms with Gasteiger partial charge < -0.3 is 8.83 Å². The van der Waals surface area contributed by atoms with Crippen LogP contribution >= 0.6 is 0 Å². The fourth-order valence-corrected chi connectivity index (χ4v) is 3.23. The highest BCUT2D eigenvalue weighted by molar-refractivity contribution is 6.13. The van der Waals surface area contributed by atoms with Crippen LogP contribution in [0.2, 0.25) is 0 Å². The van der Waals surface area contributed by atoms with Gasteiger partial charge in [0, 0.05) is 18.0 Å². The summed E-state index contributed by atoms with van der Waals surface area (Å²) >= 11 is 0. The van der Waals surface area contributed by atoms with E-state index in [9.17, 15) is 4.79 Å². The minimum atomic E-state index is -0.277. The molecule has 0 radical (unpaired) electrons. The number of anilines is 1. The Balaban J connectivity index is 1.57. The van der Waals surface area contributed by atoms with Crippen LogP contribution in [0.4, 0.5) is 6.01 Å². The number of para-hydroxylation sites is 1. The van der Waals surface area contributed by atoms with Crippen LogP contribution in [0.15, 0.2) is 87.9 Å². The van der Waals surface area contributed by atoms with Gasteiger partial charge in [0.2, 0.25) is 0 Å². The Labute approximate surface area is 171 Å². The summed E-state index contributed by atoms with van der Waals surface area (Å²) < 4.78 is 10.9. The average Bonchev–Trinajstić information content (AvgIpc) is 3.50. The maximum atomic E-state index is 13.4. The Kier molecular flexibility index (Phi) is 4.33. The van der Waals surface area contributed by atoms with Gasteiger partial charge in [-0.1, -0.05) is 53.6 Å². The van der Waals surface area contributed by atoms with E-state index in [-0.39, 0.29) is 17.8 Å². The Bertz CT molecular complexity index is 1330. The molecule has 146 valence electrons. The molecule has 0 aliphatic carbocycles. The minimum absolute atomic E-state index is 0.0774. The number of carbonyl (C=O) groups excluding carboxylic acids is 1. The third-order valence-electron chi connectivity index (χ3n) is 4.75. The number of pyridine rings is 1. The Hall–Kier alpha value is -4.26. The van der Waals surface area contributed by atoms with Crippen molar-refractivity contribution in [3.63, 3.8) is 0 Å². The summed E-state index contributed by atoms with van der Waals surface area (Å²) in [6, 6.07) is 22.6. The predicted octanol–water partition coefficient (Wildman–Crippen LogP) is 4.82. The van der Waals surface area contributed by atoms with E-state index in [1.165, 1.54) is 11.2 Å². The van der Waals surface area contributed by atoms with E-state index in [4.69, 9.17) is 13.8 Å². The van der Waals surface area contributed by atoms with E-state index in [2.05, 4.69) is 10.2 Å². The first kappa shape index (κ1) is 17.8. The highest BCUT2D eigenvalue weighted by Crippen LogP contribution is 2.27. The molecule has 7 nitrogen and oxygen atoms in total. The molecule has 3 heterocycles. The number of rotatable bonds is 4. The molecule has 0 unspecified atom stereocenters. The van der Waals surface area contributed by atoms with E-state index < -0.39 is 0 Å². The van der Waals surface area contributed by atoms with Crippen molar-refractivity contribution in [3.05, 3.63) is 84.6 Å². The van der Waals surface area contributed by atoms with Gasteiger partial charge >= 0.3 is 6.01 Å². The molecule has 0 saturated heterocycles. The molecule has 1 amide bonds. The Morgan fingerprint density at radius 2 is 1.73 bits per heavy atom. The maximum absolute atomic E-state index is 13.4. The van der Waals surface area contributed by atoms with E-state index in [0.717, 1.165) is 16.5 Å². The number of aromatic nitrogens is 3. The fraction of sp³-hybridized carbons (Fsp3) is 0.0435. The van der Waals surface area contributed by atoms with Crippen molar-refractivity contribution in [2.45, 2.75) is 0 Å². The summed E-state index contributed by atoms with van der Waals surface area (Å²) in [4.78, 5) is 19.4. The zero-order valence-electron chi connectivity index (χ0n) is 16.0. The number of carbonyl (C=O) groups is 1. The van der Waals surface area contributed by atoms with Crippen LogP contribution in [-0.4, -0.2) is 28.1 Å². The monoisotopic (exact) mass is 396 g/mol. The minimum Gasteiger partial charge on any atom is -0.459 e. The summed E-state index contributed by atoms with van der Waals surface area (Å²) in [6.07, 6.45) is 1.52. The first-order valence-corrected chi connectivity index (χ1v) is 9.31. The molecule has 5 rings (SSSR count). The van der Waals surface area contributed by atoms with Crippen LogP contribution in [0.25, 0.3) is 33.8 Å². The van der Waals surface area contributed by atoms with Gasteiger partial charge in [-0.3, -0.25) is 9.69 Å². The van der Waals surface area contributed by atoms with Crippen LogP contribution in [0, 0.1) is 0 Å². The normalized spacial score (nSPS) is 11.0. The van der Waals surface area contributed by atoms with Gasteiger partial charge in [0.05, 0.1) is 23.0 Å². The highest BCUT2D eigenvalue weighted by atomic mass is 16.4. The van der Waals surface area contributed by atoms with Gasteiger partial charge in [0.25, 0.3) is 11.8 Å². The van der Waals surface area contributed by atoms with Crippen LogP contribution < -0.4 is 4.90 Å². The van der Waals surface area contributed by atoms with Crippen molar-refractivity contribution < 1.29 is 13.6 Å². The number of hydrogen-bond donors (Lipinski definition) is 0. The third kappa shape index (κ3) is 3.12. The largest absolute Gasteiger partial charge is 0.459 e. The molecule has 0 saturated carbocycles. The molecule has 0 atom stereocenters. The zero-order valence-corrected chi connectivity index (χ0v) is 16.0. The molecule has 2 aromatic carbocycles. The van der Waals surface area contributed by atoms with Gasteiger partial charge in [-0.05, 0) is 24.3 Å². The van der Waals surface area contributed by atoms with Gasteiger partial charge in [-0.25, -0.2) is 4.98 Å². The summed E-state index contributed by atoms with van der Waals surface area (Å²) in [6.45, 7) is 0. The molecule has 5 aromatic rings. The number of benzene rings is 2. The Morgan fingerprint density at radius 3 is 2.53 bits per heavy atom. The lowest BCUT2D eigenvalue weighted by molar-refractivity contribution is 0.0989. The summed E-state index contributed by atoms with van der Waals surface area (Å²) in [5.41, 5.74) is 2.88. The van der Waals surface area contributed by atoms with Crippen LogP contribution in [0.1, 0.15) is 10.4 Å². The van der Waals surface area contributed by atoms with Crippen molar-refractivity contribution in [1.29, 1.82) is 0 Å². The fourth-order valence-electron chi connectivity index (χ4n) is 3.23. The first-order valence-electron chi connectivity index (χ1n) is 9.31. The molecule has 30 heavy (non-hydrogen) atoms. The Morgan fingerprint density at radius 1 is 0.933 bits per heavy atom. The second-order valence-corrected chi connectivity index (χ2v) is 6.67. The summed E-state index contributed by atoms with van der Waals surface area (Å²) in [7, 11) is 1.60. The molecule has 0 aliphatic heterocycles. The molecule has 7 heteroatoms. The highest BCUT2D eigenvalue weighted by Gasteiger charge is 2.23. The zero-order chi connectivity index (χ0) is 20.5. The summed E-state index contributed by atoms with van der Waals surface area (Å²) in [5, 5.41) is 8.71. The lowest BCUT2D eigenvalue weighted by atomic mass is 10.0.